The highest BCUT2D eigenvalue weighted by Gasteiger charge is 2.18. The average Bonchev–Trinajstić information content (AvgIpc) is 3.45. The van der Waals surface area contributed by atoms with Gasteiger partial charge in [0.1, 0.15) is 16.8 Å². The zero-order valence-electron chi connectivity index (χ0n) is 20.6. The highest BCUT2D eigenvalue weighted by molar-refractivity contribution is 8.00. The minimum Gasteiger partial charge on any atom is -0.497 e. The van der Waals surface area contributed by atoms with Crippen LogP contribution < -0.4 is 10.1 Å². The van der Waals surface area contributed by atoms with E-state index in [1.165, 1.54) is 11.8 Å². The van der Waals surface area contributed by atoms with Crippen LogP contribution in [0.5, 0.6) is 5.75 Å². The van der Waals surface area contributed by atoms with Crippen LogP contribution in [0.3, 0.4) is 0 Å². The zero-order valence-corrected chi connectivity index (χ0v) is 23.0. The van der Waals surface area contributed by atoms with Gasteiger partial charge in [-0.1, -0.05) is 78.0 Å². The first-order valence-corrected chi connectivity index (χ1v) is 13.8. The summed E-state index contributed by atoms with van der Waals surface area (Å²) in [6.45, 7) is 0. The van der Waals surface area contributed by atoms with E-state index in [0.717, 1.165) is 28.2 Å². The standard InChI is InChI=1S/C29H20ClN5O2S2/c1-37-22-13-9-18(10-14-22)23-15-25(19-7-11-21(30)12-8-19)32-28(24(23)16-31)38-17-26(36)33-29-34-27(35-39-29)20-5-3-2-4-6-20/h2-15H,17H2,1H3,(H,33,34,35,36). The SMILES string of the molecule is COc1ccc(-c2cc(-c3ccc(Cl)cc3)nc(SCC(=O)Nc3nc(-c4ccccc4)ns3)c2C#N)cc1. The summed E-state index contributed by atoms with van der Waals surface area (Å²) < 4.78 is 9.61. The first-order chi connectivity index (χ1) is 19.0. The minimum absolute atomic E-state index is 0.0358. The molecule has 0 aliphatic rings. The summed E-state index contributed by atoms with van der Waals surface area (Å²) >= 11 is 8.39. The van der Waals surface area contributed by atoms with Crippen molar-refractivity contribution >= 4 is 45.9 Å². The smallest absolute Gasteiger partial charge is 0.236 e. The van der Waals surface area contributed by atoms with Gasteiger partial charge in [-0.15, -0.1) is 0 Å². The Labute approximate surface area is 238 Å². The molecule has 39 heavy (non-hydrogen) atoms. The lowest BCUT2D eigenvalue weighted by Crippen LogP contribution is -2.14. The fourth-order valence-corrected chi connectivity index (χ4v) is 5.30. The lowest BCUT2D eigenvalue weighted by Gasteiger charge is -2.13. The third-order valence-electron chi connectivity index (χ3n) is 5.68. The first-order valence-electron chi connectivity index (χ1n) is 11.7. The molecule has 0 fully saturated rings. The first kappa shape index (κ1) is 26.4. The van der Waals surface area contributed by atoms with Crippen molar-refractivity contribution in [3.8, 4) is 45.6 Å². The molecule has 0 bridgehead atoms. The molecule has 0 atom stereocenters. The van der Waals surface area contributed by atoms with E-state index in [0.29, 0.717) is 43.6 Å². The number of rotatable bonds is 8. The van der Waals surface area contributed by atoms with Gasteiger partial charge in [0.05, 0.1) is 24.1 Å². The molecule has 1 N–H and O–H groups in total. The number of pyridine rings is 1. The number of amides is 1. The van der Waals surface area contributed by atoms with E-state index in [-0.39, 0.29) is 11.7 Å². The molecule has 0 spiro atoms. The third-order valence-corrected chi connectivity index (χ3v) is 7.54. The maximum Gasteiger partial charge on any atom is 0.236 e. The Hall–Kier alpha value is -4.23. The number of methoxy groups -OCH3 is 1. The molecule has 0 aliphatic heterocycles. The number of thioether (sulfide) groups is 1. The van der Waals surface area contributed by atoms with Crippen molar-refractivity contribution < 1.29 is 9.53 Å². The van der Waals surface area contributed by atoms with Crippen LogP contribution >= 0.6 is 34.9 Å². The molecule has 0 saturated heterocycles. The van der Waals surface area contributed by atoms with Gasteiger partial charge in [0.25, 0.3) is 0 Å². The van der Waals surface area contributed by atoms with Crippen LogP contribution in [0.1, 0.15) is 5.56 Å². The van der Waals surface area contributed by atoms with Crippen molar-refractivity contribution in [3.63, 3.8) is 0 Å². The highest BCUT2D eigenvalue weighted by Crippen LogP contribution is 2.35. The summed E-state index contributed by atoms with van der Waals surface area (Å²) in [6.07, 6.45) is 0. The molecule has 5 rings (SSSR count). The second kappa shape index (κ2) is 12.1. The van der Waals surface area contributed by atoms with Crippen LogP contribution in [0, 0.1) is 11.3 Å². The quantitative estimate of drug-likeness (QED) is 0.197. The Morgan fingerprint density at radius 1 is 1.00 bits per heavy atom. The van der Waals surface area contributed by atoms with Crippen LogP contribution in [-0.4, -0.2) is 33.1 Å². The predicted molar refractivity (Wildman–Crippen MR) is 156 cm³/mol. The lowest BCUT2D eigenvalue weighted by atomic mass is 9.99. The molecule has 2 aromatic heterocycles. The van der Waals surface area contributed by atoms with Crippen LogP contribution in [0.15, 0.2) is 90.0 Å². The zero-order chi connectivity index (χ0) is 27.2. The van der Waals surface area contributed by atoms with Gasteiger partial charge in [0, 0.05) is 33.2 Å². The third kappa shape index (κ3) is 6.26. The molecule has 0 unspecified atom stereocenters. The van der Waals surface area contributed by atoms with Gasteiger partial charge in [-0.2, -0.15) is 14.6 Å². The Morgan fingerprint density at radius 2 is 1.72 bits per heavy atom. The van der Waals surface area contributed by atoms with Gasteiger partial charge in [-0.25, -0.2) is 4.98 Å². The number of nitrogens with zero attached hydrogens (tertiary/aromatic N) is 4. The van der Waals surface area contributed by atoms with Crippen LogP contribution in [-0.2, 0) is 4.79 Å². The van der Waals surface area contributed by atoms with Gasteiger partial charge >= 0.3 is 0 Å². The minimum atomic E-state index is -0.274. The van der Waals surface area contributed by atoms with Crippen molar-refractivity contribution in [1.82, 2.24) is 14.3 Å². The van der Waals surface area contributed by atoms with E-state index in [1.54, 1.807) is 19.2 Å². The second-order valence-electron chi connectivity index (χ2n) is 8.21. The maximum atomic E-state index is 12.8. The summed E-state index contributed by atoms with van der Waals surface area (Å²) in [7, 11) is 1.60. The van der Waals surface area contributed by atoms with Gasteiger partial charge in [0.15, 0.2) is 5.82 Å². The molecule has 0 aliphatic carbocycles. The fraction of sp³-hybridized carbons (Fsp3) is 0.0690. The second-order valence-corrected chi connectivity index (χ2v) is 10.4. The monoisotopic (exact) mass is 569 g/mol. The molecule has 2 heterocycles. The number of carbonyl (C=O) groups excluding carboxylic acids is 1. The van der Waals surface area contributed by atoms with Crippen LogP contribution in [0.25, 0.3) is 33.8 Å². The number of ether oxygens (including phenoxy) is 1. The van der Waals surface area contributed by atoms with Crippen molar-refractivity contribution in [2.24, 2.45) is 0 Å². The molecular formula is C29H20ClN5O2S2. The van der Waals surface area contributed by atoms with E-state index >= 15 is 0 Å². The van der Waals surface area contributed by atoms with Crippen LogP contribution in [0.4, 0.5) is 5.13 Å². The summed E-state index contributed by atoms with van der Waals surface area (Å²) in [5.41, 5.74) is 4.30. The summed E-state index contributed by atoms with van der Waals surface area (Å²) in [6, 6.07) is 28.5. The van der Waals surface area contributed by atoms with Crippen molar-refractivity contribution in [2.45, 2.75) is 5.03 Å². The van der Waals surface area contributed by atoms with Crippen LogP contribution in [0.2, 0.25) is 5.02 Å². The Balaban J connectivity index is 1.42. The Bertz CT molecular complexity index is 1650. The molecule has 1 amide bonds. The van der Waals surface area contributed by atoms with E-state index in [9.17, 15) is 10.1 Å². The van der Waals surface area contributed by atoms with E-state index in [1.807, 2.05) is 72.8 Å². The van der Waals surface area contributed by atoms with E-state index < -0.39 is 0 Å². The Kier molecular flexibility index (Phi) is 8.18. The summed E-state index contributed by atoms with van der Waals surface area (Å²) in [5.74, 6) is 1.03. The number of carbonyl (C=O) groups is 1. The normalized spacial score (nSPS) is 10.6. The van der Waals surface area contributed by atoms with Crippen molar-refractivity contribution in [3.05, 3.63) is 95.5 Å². The summed E-state index contributed by atoms with van der Waals surface area (Å²) in [4.78, 5) is 22.0. The number of anilines is 1. The van der Waals surface area contributed by atoms with Gasteiger partial charge < -0.3 is 4.74 Å². The molecule has 192 valence electrons. The number of benzene rings is 3. The highest BCUT2D eigenvalue weighted by atomic mass is 35.5. The average molecular weight is 570 g/mol. The van der Waals surface area contributed by atoms with Gasteiger partial charge in [-0.3, -0.25) is 10.1 Å². The topological polar surface area (TPSA) is 101 Å². The predicted octanol–water partition coefficient (Wildman–Crippen LogP) is 7.20. The molecule has 5 aromatic rings. The number of nitrogens with one attached hydrogen (secondary N) is 1. The molecule has 10 heteroatoms. The van der Waals surface area contributed by atoms with Crippen molar-refractivity contribution in [2.75, 3.05) is 18.2 Å². The molecular weight excluding hydrogens is 550 g/mol. The fourth-order valence-electron chi connectivity index (χ4n) is 3.77. The molecule has 3 aromatic carbocycles. The number of hydrogen-bond donors (Lipinski definition) is 1. The maximum absolute atomic E-state index is 12.8. The molecule has 0 saturated carbocycles. The number of nitriles is 1. The Morgan fingerprint density at radius 3 is 2.41 bits per heavy atom. The number of halogens is 1. The van der Waals surface area contributed by atoms with Gasteiger partial charge in [0.2, 0.25) is 11.0 Å². The van der Waals surface area contributed by atoms with Gasteiger partial charge in [-0.05, 0) is 35.9 Å². The van der Waals surface area contributed by atoms with Crippen molar-refractivity contribution in [1.29, 1.82) is 5.26 Å². The van der Waals surface area contributed by atoms with E-state index in [2.05, 4.69) is 20.7 Å². The lowest BCUT2D eigenvalue weighted by molar-refractivity contribution is -0.113. The number of hydrogen-bond acceptors (Lipinski definition) is 8. The largest absolute Gasteiger partial charge is 0.497 e. The van der Waals surface area contributed by atoms with E-state index in [4.69, 9.17) is 21.3 Å². The molecule has 0 radical (unpaired) electrons. The molecule has 7 nitrogen and oxygen atoms in total. The number of aromatic nitrogens is 3. The summed E-state index contributed by atoms with van der Waals surface area (Å²) in [5, 5.41) is 14.4.